The van der Waals surface area contributed by atoms with Gasteiger partial charge in [-0.3, -0.25) is 0 Å². The largest absolute Gasteiger partial charge is 0.456 e. The van der Waals surface area contributed by atoms with E-state index in [1.807, 2.05) is 0 Å². The van der Waals surface area contributed by atoms with Crippen LogP contribution in [0.2, 0.25) is 0 Å². The molecule has 0 fully saturated rings. The highest BCUT2D eigenvalue weighted by Gasteiger charge is 2.72. The molecule has 70 heavy (non-hydrogen) atoms. The maximum atomic E-state index is 6.69. The lowest BCUT2D eigenvalue weighted by Crippen LogP contribution is -2.52. The minimum atomic E-state index is -0.186. The first-order valence-electron chi connectivity index (χ1n) is 24.5. The van der Waals surface area contributed by atoms with Crippen molar-refractivity contribution < 1.29 is 8.83 Å². The van der Waals surface area contributed by atoms with Crippen LogP contribution in [0.3, 0.4) is 0 Å². The molecule has 6 aliphatic carbocycles. The van der Waals surface area contributed by atoms with Crippen molar-refractivity contribution >= 4 is 75.7 Å². The van der Waals surface area contributed by atoms with Gasteiger partial charge < -0.3 is 8.83 Å². The minimum Gasteiger partial charge on any atom is -0.456 e. The molecule has 10 aromatic carbocycles. The standard InChI is InChI=1S/C66H36Br2O2/c67-49-29-28-38(37-17-11-23-53-56(37)43-16-5-10-22-52(43)69-53)57-58(49)62-40-14-2-8-20-47(40)66(62)48-30-33(24-27-42(48)61(57)66)44-32-50(68)59-60(55(44)34-25-26-36-35-12-4-9-21-51(35)70-54(36)31-34)64-41-15-3-7-19-46(41)65(64)45-18-6-1-13-39(45)63(59)65/h1-32,61-64H. The highest BCUT2D eigenvalue weighted by atomic mass is 79.9. The lowest BCUT2D eigenvalue weighted by atomic mass is 9.42. The molecular formula is C66H36Br2O2. The molecule has 4 heteroatoms. The number of hydrogen-bond donors (Lipinski definition) is 0. The van der Waals surface area contributed by atoms with Crippen LogP contribution in [0, 0.1) is 0 Å². The van der Waals surface area contributed by atoms with Gasteiger partial charge >= 0.3 is 0 Å². The number of hydrogen-bond acceptors (Lipinski definition) is 2. The second kappa shape index (κ2) is 12.6. The third kappa shape index (κ3) is 4.01. The van der Waals surface area contributed by atoms with Crippen molar-refractivity contribution in [3.63, 3.8) is 0 Å². The summed E-state index contributed by atoms with van der Waals surface area (Å²) in [5.41, 5.74) is 28.4. The van der Waals surface area contributed by atoms with Crippen LogP contribution in [-0.4, -0.2) is 0 Å². The normalized spacial score (nSPS) is 22.8. The van der Waals surface area contributed by atoms with Gasteiger partial charge in [-0.2, -0.15) is 0 Å². The van der Waals surface area contributed by atoms with E-state index in [-0.39, 0.29) is 34.5 Å². The SMILES string of the molecule is Brc1ccc(-c2cccc3oc4ccccc4c23)c2c1C1c3ccccc3C13c1cc(-c4cc(Br)c5c(c4-c4ccc6c(c4)oc4ccccc46)C4c6ccccc6C46c4ccccc4C56)ccc1C23. The number of fused-ring (bicyclic) bond motifs is 20. The van der Waals surface area contributed by atoms with E-state index in [0.717, 1.165) is 38.5 Å². The molecule has 6 unspecified atom stereocenters. The number of benzene rings is 10. The van der Waals surface area contributed by atoms with Gasteiger partial charge in [0.2, 0.25) is 0 Å². The first-order chi connectivity index (χ1) is 34.6. The molecule has 0 N–H and O–H groups in total. The first kappa shape index (κ1) is 37.6. The zero-order chi connectivity index (χ0) is 45.5. The van der Waals surface area contributed by atoms with E-state index < -0.39 is 0 Å². The van der Waals surface area contributed by atoms with E-state index in [4.69, 9.17) is 8.83 Å². The Bertz CT molecular complexity index is 4450. The summed E-state index contributed by atoms with van der Waals surface area (Å²) in [5, 5.41) is 4.65. The molecule has 0 bridgehead atoms. The fourth-order valence-corrected chi connectivity index (χ4v) is 17.2. The van der Waals surface area contributed by atoms with Gasteiger partial charge in [0.25, 0.3) is 0 Å². The van der Waals surface area contributed by atoms with Gasteiger partial charge in [-0.1, -0.05) is 177 Å². The van der Waals surface area contributed by atoms with Crippen LogP contribution in [0.15, 0.2) is 212 Å². The summed E-state index contributed by atoms with van der Waals surface area (Å²) < 4.78 is 15.6. The van der Waals surface area contributed by atoms with Gasteiger partial charge in [-0.15, -0.1) is 0 Å². The number of para-hydroxylation sites is 2. The average Bonchev–Trinajstić information content (AvgIpc) is 4.13. The molecule has 12 aromatic rings. The van der Waals surface area contributed by atoms with Crippen LogP contribution in [0.1, 0.15) is 90.4 Å². The lowest BCUT2D eigenvalue weighted by Gasteiger charge is -2.59. The van der Waals surface area contributed by atoms with Crippen LogP contribution < -0.4 is 0 Å². The van der Waals surface area contributed by atoms with Crippen LogP contribution in [0.4, 0.5) is 0 Å². The van der Waals surface area contributed by atoms with Crippen molar-refractivity contribution in [3.05, 3.63) is 270 Å². The smallest absolute Gasteiger partial charge is 0.136 e. The Balaban J connectivity index is 0.894. The highest BCUT2D eigenvalue weighted by Crippen LogP contribution is 2.81. The molecule has 0 radical (unpaired) electrons. The average molecular weight is 1020 g/mol. The molecular weight excluding hydrogens is 985 g/mol. The predicted octanol–water partition coefficient (Wildman–Crippen LogP) is 17.8. The van der Waals surface area contributed by atoms with Crippen molar-refractivity contribution in [1.29, 1.82) is 0 Å². The van der Waals surface area contributed by atoms with E-state index >= 15 is 0 Å². The molecule has 2 spiro atoms. The molecule has 2 nitrogen and oxygen atoms in total. The third-order valence-corrected chi connectivity index (χ3v) is 19.5. The second-order valence-electron chi connectivity index (χ2n) is 20.7. The maximum absolute atomic E-state index is 6.69. The number of rotatable bonds is 3. The van der Waals surface area contributed by atoms with E-state index in [1.165, 1.54) is 114 Å². The summed E-state index contributed by atoms with van der Waals surface area (Å²) in [6.45, 7) is 0. The van der Waals surface area contributed by atoms with Gasteiger partial charge in [0.15, 0.2) is 0 Å². The minimum absolute atomic E-state index is 0.0851. The highest BCUT2D eigenvalue weighted by molar-refractivity contribution is 9.10. The quantitative estimate of drug-likeness (QED) is 0.176. The maximum Gasteiger partial charge on any atom is 0.136 e. The first-order valence-corrected chi connectivity index (χ1v) is 26.1. The van der Waals surface area contributed by atoms with Gasteiger partial charge in [0.05, 0.1) is 0 Å². The van der Waals surface area contributed by atoms with Crippen LogP contribution >= 0.6 is 31.9 Å². The molecule has 2 aromatic heterocycles. The second-order valence-corrected chi connectivity index (χ2v) is 22.4. The van der Waals surface area contributed by atoms with Crippen LogP contribution in [0.5, 0.6) is 0 Å². The zero-order valence-corrected chi connectivity index (χ0v) is 40.5. The van der Waals surface area contributed by atoms with E-state index in [2.05, 4.69) is 226 Å². The predicted molar refractivity (Wildman–Crippen MR) is 287 cm³/mol. The summed E-state index contributed by atoms with van der Waals surface area (Å²) in [7, 11) is 0. The van der Waals surface area contributed by atoms with E-state index in [0.29, 0.717) is 0 Å². The topological polar surface area (TPSA) is 26.3 Å². The Morgan fingerprint density at radius 2 is 0.871 bits per heavy atom. The van der Waals surface area contributed by atoms with Crippen molar-refractivity contribution in [2.45, 2.75) is 34.5 Å². The molecule has 326 valence electrons. The third-order valence-electron chi connectivity index (χ3n) is 18.2. The number of halogens is 2. The molecule has 0 saturated carbocycles. The van der Waals surface area contributed by atoms with Crippen LogP contribution in [-0.2, 0) is 10.8 Å². The van der Waals surface area contributed by atoms with Crippen molar-refractivity contribution in [2.24, 2.45) is 0 Å². The van der Waals surface area contributed by atoms with Gasteiger partial charge in [0, 0.05) is 65.0 Å². The van der Waals surface area contributed by atoms with Crippen LogP contribution in [0.25, 0.3) is 77.3 Å². The fourth-order valence-electron chi connectivity index (χ4n) is 15.9. The van der Waals surface area contributed by atoms with Gasteiger partial charge in [-0.05, 0) is 149 Å². The van der Waals surface area contributed by atoms with Crippen molar-refractivity contribution in [2.75, 3.05) is 0 Å². The van der Waals surface area contributed by atoms with Crippen molar-refractivity contribution in [3.8, 4) is 33.4 Å². The Morgan fingerprint density at radius 3 is 1.61 bits per heavy atom. The summed E-state index contributed by atoms with van der Waals surface area (Å²) in [6, 6.07) is 72.9. The Hall–Kier alpha value is -7.24. The number of furan rings is 2. The molecule has 18 rings (SSSR count). The summed E-state index contributed by atoms with van der Waals surface area (Å²) >= 11 is 8.53. The Labute approximate surface area is 419 Å². The molecule has 6 aliphatic rings. The molecule has 0 amide bonds. The fraction of sp³-hybridized carbons (Fsp3) is 0.0909. The van der Waals surface area contributed by atoms with E-state index in [9.17, 15) is 0 Å². The molecule has 0 saturated heterocycles. The van der Waals surface area contributed by atoms with Crippen molar-refractivity contribution in [1.82, 2.24) is 0 Å². The molecule has 6 atom stereocenters. The van der Waals surface area contributed by atoms with E-state index in [1.54, 1.807) is 0 Å². The molecule has 0 aliphatic heterocycles. The Kier molecular flexibility index (Phi) is 6.75. The Morgan fingerprint density at radius 1 is 0.329 bits per heavy atom. The zero-order valence-electron chi connectivity index (χ0n) is 37.4. The van der Waals surface area contributed by atoms with Gasteiger partial charge in [0.1, 0.15) is 22.3 Å². The monoisotopic (exact) mass is 1020 g/mol. The summed E-state index contributed by atoms with van der Waals surface area (Å²) in [6.07, 6.45) is 0. The summed E-state index contributed by atoms with van der Waals surface area (Å²) in [5.74, 6) is 0.929. The lowest BCUT2D eigenvalue weighted by molar-refractivity contribution is 0.332. The summed E-state index contributed by atoms with van der Waals surface area (Å²) in [4.78, 5) is 0. The van der Waals surface area contributed by atoms with Gasteiger partial charge in [-0.25, -0.2) is 0 Å². The molecule has 2 heterocycles.